The summed E-state index contributed by atoms with van der Waals surface area (Å²) in [6.07, 6.45) is 2.69. The molecule has 1 aliphatic rings. The maximum absolute atomic E-state index is 11.3. The summed E-state index contributed by atoms with van der Waals surface area (Å²) in [6, 6.07) is 0. The topological polar surface area (TPSA) is 29.5 Å². The molecule has 0 atom stereocenters. The largest absolute Gasteiger partial charge is 1.00 e. The van der Waals surface area contributed by atoms with Gasteiger partial charge in [0.1, 0.15) is 6.54 Å². The van der Waals surface area contributed by atoms with Crippen molar-refractivity contribution in [1.82, 2.24) is 4.90 Å². The van der Waals surface area contributed by atoms with E-state index in [1.165, 1.54) is 4.90 Å². The van der Waals surface area contributed by atoms with Crippen LogP contribution in [0.3, 0.4) is 0 Å². The van der Waals surface area contributed by atoms with Gasteiger partial charge in [-0.15, -0.1) is 0 Å². The lowest BCUT2D eigenvalue weighted by molar-refractivity contribution is -0.888. The van der Waals surface area contributed by atoms with E-state index in [0.717, 1.165) is 29.8 Å². The van der Waals surface area contributed by atoms with Crippen molar-refractivity contribution in [3.05, 3.63) is 11.8 Å². The summed E-state index contributed by atoms with van der Waals surface area (Å²) in [5, 5.41) is 0. The Morgan fingerprint density at radius 1 is 1.47 bits per heavy atom. The molecule has 0 aliphatic carbocycles. The van der Waals surface area contributed by atoms with Crippen LogP contribution in [0.4, 0.5) is 4.79 Å². The zero-order valence-electron chi connectivity index (χ0n) is 9.79. The Morgan fingerprint density at radius 2 is 2.07 bits per heavy atom. The normalized spacial score (nSPS) is 18.5. The first kappa shape index (κ1) is 14.7. The van der Waals surface area contributed by atoms with Crippen molar-refractivity contribution in [2.75, 3.05) is 41.3 Å². The SMILES string of the molecule is CN(C)C(=O)OC1=CCC[N+](C)(C)C1.[I-]. The molecule has 0 saturated heterocycles. The van der Waals surface area contributed by atoms with Gasteiger partial charge < -0.3 is 38.1 Å². The summed E-state index contributed by atoms with van der Waals surface area (Å²) in [5.74, 6) is 0.792. The number of carbonyl (C=O) groups excluding carboxylic acids is 1. The molecule has 0 aromatic heterocycles. The minimum absolute atomic E-state index is 0. The summed E-state index contributed by atoms with van der Waals surface area (Å²) >= 11 is 0. The molecule has 1 aliphatic heterocycles. The van der Waals surface area contributed by atoms with Crippen LogP contribution in [-0.4, -0.2) is 56.8 Å². The van der Waals surface area contributed by atoms with Crippen LogP contribution in [0.5, 0.6) is 0 Å². The Kier molecular flexibility index (Phi) is 5.58. The zero-order valence-corrected chi connectivity index (χ0v) is 11.9. The Hall–Kier alpha value is -0.300. The highest BCUT2D eigenvalue weighted by atomic mass is 127. The highest BCUT2D eigenvalue weighted by molar-refractivity contribution is 5.68. The van der Waals surface area contributed by atoms with E-state index in [-0.39, 0.29) is 30.1 Å². The van der Waals surface area contributed by atoms with Crippen molar-refractivity contribution in [3.8, 4) is 0 Å². The number of amides is 1. The molecule has 0 aromatic carbocycles. The molecule has 1 heterocycles. The van der Waals surface area contributed by atoms with Crippen LogP contribution in [0, 0.1) is 0 Å². The van der Waals surface area contributed by atoms with Crippen LogP contribution in [0.25, 0.3) is 0 Å². The molecule has 0 fully saturated rings. The second-order valence-electron chi connectivity index (χ2n) is 4.54. The van der Waals surface area contributed by atoms with E-state index in [1.807, 2.05) is 6.08 Å². The van der Waals surface area contributed by atoms with Crippen LogP contribution in [0.15, 0.2) is 11.8 Å². The molecular formula is C10H19IN2O2. The fourth-order valence-electron chi connectivity index (χ4n) is 1.42. The predicted molar refractivity (Wildman–Crippen MR) is 54.7 cm³/mol. The van der Waals surface area contributed by atoms with Crippen molar-refractivity contribution in [1.29, 1.82) is 0 Å². The van der Waals surface area contributed by atoms with Crippen LogP contribution in [-0.2, 0) is 4.74 Å². The Bertz CT molecular complexity index is 262. The van der Waals surface area contributed by atoms with Gasteiger partial charge in [0, 0.05) is 20.5 Å². The van der Waals surface area contributed by atoms with Crippen LogP contribution in [0.1, 0.15) is 6.42 Å². The lowest BCUT2D eigenvalue weighted by atomic mass is 10.2. The third-order valence-electron chi connectivity index (χ3n) is 2.27. The van der Waals surface area contributed by atoms with Gasteiger partial charge in [0.25, 0.3) is 0 Å². The van der Waals surface area contributed by atoms with E-state index in [4.69, 9.17) is 4.74 Å². The highest BCUT2D eigenvalue weighted by Crippen LogP contribution is 2.15. The number of halogens is 1. The zero-order chi connectivity index (χ0) is 10.8. The molecule has 4 nitrogen and oxygen atoms in total. The van der Waals surface area contributed by atoms with Gasteiger partial charge in [0.15, 0.2) is 5.76 Å². The Balaban J connectivity index is 0.00000196. The Morgan fingerprint density at radius 3 is 2.53 bits per heavy atom. The standard InChI is InChI=1S/C10H19N2O2.HI/c1-11(2)10(13)14-9-6-5-7-12(3,4)8-9;/h6H,5,7-8H2,1-4H3;1H/q+1;/p-1. The van der Waals surface area contributed by atoms with Crippen molar-refractivity contribution < 1.29 is 38.0 Å². The second kappa shape index (κ2) is 5.69. The first-order valence-corrected chi connectivity index (χ1v) is 4.81. The molecule has 15 heavy (non-hydrogen) atoms. The highest BCUT2D eigenvalue weighted by Gasteiger charge is 2.24. The molecule has 0 bridgehead atoms. The monoisotopic (exact) mass is 326 g/mol. The summed E-state index contributed by atoms with van der Waals surface area (Å²) in [6.45, 7) is 1.89. The van der Waals surface area contributed by atoms with Crippen molar-refractivity contribution in [3.63, 3.8) is 0 Å². The quantitative estimate of drug-likeness (QED) is 0.414. The average Bonchev–Trinajstić information content (AvgIpc) is 2.01. The molecule has 1 rings (SSSR count). The molecule has 1 amide bonds. The summed E-state index contributed by atoms with van der Waals surface area (Å²) in [4.78, 5) is 12.7. The minimum atomic E-state index is -0.293. The molecule has 0 aromatic rings. The molecule has 88 valence electrons. The minimum Gasteiger partial charge on any atom is -1.00 e. The lowest BCUT2D eigenvalue weighted by Crippen LogP contribution is -3.00. The summed E-state index contributed by atoms with van der Waals surface area (Å²) in [7, 11) is 7.64. The number of rotatable bonds is 1. The lowest BCUT2D eigenvalue weighted by Gasteiger charge is -2.33. The van der Waals surface area contributed by atoms with Gasteiger partial charge in [0.05, 0.1) is 20.6 Å². The van der Waals surface area contributed by atoms with Crippen LogP contribution < -0.4 is 24.0 Å². The molecule has 0 radical (unpaired) electrons. The maximum Gasteiger partial charge on any atom is 0.414 e. The fourth-order valence-corrected chi connectivity index (χ4v) is 1.42. The van der Waals surface area contributed by atoms with Gasteiger partial charge in [-0.2, -0.15) is 0 Å². The van der Waals surface area contributed by atoms with Crippen molar-refractivity contribution in [2.24, 2.45) is 0 Å². The van der Waals surface area contributed by atoms with Gasteiger partial charge in [-0.05, 0) is 6.08 Å². The van der Waals surface area contributed by atoms with E-state index >= 15 is 0 Å². The van der Waals surface area contributed by atoms with E-state index in [9.17, 15) is 4.79 Å². The fraction of sp³-hybridized carbons (Fsp3) is 0.700. The van der Waals surface area contributed by atoms with Crippen LogP contribution >= 0.6 is 0 Å². The number of hydrogen-bond acceptors (Lipinski definition) is 2. The van der Waals surface area contributed by atoms with Gasteiger partial charge >= 0.3 is 6.09 Å². The molecule has 0 unspecified atom stereocenters. The maximum atomic E-state index is 11.3. The third kappa shape index (κ3) is 4.83. The smallest absolute Gasteiger partial charge is 0.414 e. The average molecular weight is 326 g/mol. The third-order valence-corrected chi connectivity index (χ3v) is 2.27. The summed E-state index contributed by atoms with van der Waals surface area (Å²) in [5.41, 5.74) is 0. The molecule has 0 saturated carbocycles. The van der Waals surface area contributed by atoms with E-state index in [2.05, 4.69) is 14.1 Å². The number of nitrogens with zero attached hydrogens (tertiary/aromatic N) is 2. The first-order chi connectivity index (χ1) is 6.41. The van der Waals surface area contributed by atoms with Crippen LogP contribution in [0.2, 0.25) is 0 Å². The first-order valence-electron chi connectivity index (χ1n) is 4.81. The molecule has 0 spiro atoms. The van der Waals surface area contributed by atoms with E-state index in [1.54, 1.807) is 14.1 Å². The van der Waals surface area contributed by atoms with Crippen molar-refractivity contribution in [2.45, 2.75) is 6.42 Å². The second-order valence-corrected chi connectivity index (χ2v) is 4.54. The predicted octanol–water partition coefficient (Wildman–Crippen LogP) is -1.95. The number of hydrogen-bond donors (Lipinski definition) is 0. The van der Waals surface area contributed by atoms with Gasteiger partial charge in [0.2, 0.25) is 0 Å². The van der Waals surface area contributed by atoms with E-state index in [0.29, 0.717) is 0 Å². The molecular weight excluding hydrogens is 307 g/mol. The number of carbonyl (C=O) groups is 1. The number of likely N-dealkylation sites (N-methyl/N-ethyl adjacent to an activating group) is 1. The summed E-state index contributed by atoms with van der Waals surface area (Å²) < 4.78 is 6.10. The Labute approximate surface area is 108 Å². The van der Waals surface area contributed by atoms with Gasteiger partial charge in [-0.1, -0.05) is 0 Å². The molecule has 5 heteroatoms. The van der Waals surface area contributed by atoms with Gasteiger partial charge in [-0.25, -0.2) is 4.79 Å². The number of ether oxygens (including phenoxy) is 1. The number of quaternary nitrogens is 1. The van der Waals surface area contributed by atoms with Crippen molar-refractivity contribution >= 4 is 6.09 Å². The van der Waals surface area contributed by atoms with Gasteiger partial charge in [-0.3, -0.25) is 0 Å². The van der Waals surface area contributed by atoms with E-state index < -0.39 is 0 Å². The molecule has 0 N–H and O–H groups in total.